The van der Waals surface area contributed by atoms with Crippen LogP contribution in [0, 0.1) is 23.0 Å². The molecule has 0 saturated heterocycles. The lowest BCUT2D eigenvalue weighted by Crippen LogP contribution is -2.48. The molecule has 45 heavy (non-hydrogen) atoms. The van der Waals surface area contributed by atoms with Gasteiger partial charge in [-0.2, -0.15) is 40.4 Å². The molecule has 0 radical (unpaired) electrons. The Kier molecular flexibility index (Phi) is 5.98. The summed E-state index contributed by atoms with van der Waals surface area (Å²) in [5.41, 5.74) is -12.4. The predicted molar refractivity (Wildman–Crippen MR) is 127 cm³/mol. The van der Waals surface area contributed by atoms with Crippen LogP contribution >= 0.6 is 0 Å². The number of aliphatic hydroxyl groups is 2. The highest BCUT2D eigenvalue weighted by molar-refractivity contribution is 6.06. The molecule has 0 aliphatic heterocycles. The molecule has 0 amide bonds. The highest BCUT2D eigenvalue weighted by Crippen LogP contribution is 2.67. The van der Waals surface area contributed by atoms with Crippen LogP contribution in [0.5, 0.6) is 11.5 Å². The van der Waals surface area contributed by atoms with Gasteiger partial charge >= 0.3 is 23.7 Å². The molecule has 0 bridgehead atoms. The Bertz CT molecular complexity index is 1920. The van der Waals surface area contributed by atoms with Gasteiger partial charge < -0.3 is 14.9 Å². The van der Waals surface area contributed by atoms with Crippen molar-refractivity contribution in [3.8, 4) is 17.6 Å². The molecule has 3 aromatic rings. The van der Waals surface area contributed by atoms with E-state index in [1.807, 2.05) is 0 Å². The summed E-state index contributed by atoms with van der Waals surface area (Å²) < 4.78 is 143. The molecule has 4 aliphatic carbocycles. The minimum Gasteiger partial charge on any atom is -0.456 e. The van der Waals surface area contributed by atoms with Crippen LogP contribution in [0.25, 0.3) is 0 Å². The molecule has 16 heteroatoms. The molecule has 0 aromatic heterocycles. The number of benzene rings is 3. The molecule has 0 fully saturated rings. The van der Waals surface area contributed by atoms with Crippen LogP contribution in [-0.2, 0) is 23.0 Å². The number of hydrogen-bond donors (Lipinski definition) is 2. The van der Waals surface area contributed by atoms with Crippen molar-refractivity contribution in [2.75, 3.05) is 0 Å². The SMILES string of the molecule is N#Cc1cc(F)cc(Oc2ccc3c4c2C(=O)C[C@]4(O)C(F)(F)C3(F)F)c1.O=C1C[C@@]2(O)c3c(ccc(F)c31)C(F)(F)C2(F)F. The number of alkyl halides is 8. The maximum Gasteiger partial charge on any atom is 0.347 e. The Morgan fingerprint density at radius 2 is 1.20 bits per heavy atom. The molecule has 3 aromatic carbocycles. The summed E-state index contributed by atoms with van der Waals surface area (Å²) in [6, 6.07) is 7.13. The molecule has 6 nitrogen and oxygen atoms in total. The average molecular weight is 645 g/mol. The number of carbonyl (C=O) groups is 2. The van der Waals surface area contributed by atoms with E-state index in [1.54, 1.807) is 6.07 Å². The van der Waals surface area contributed by atoms with Gasteiger partial charge in [0.25, 0.3) is 0 Å². The van der Waals surface area contributed by atoms with Crippen molar-refractivity contribution in [3.05, 3.63) is 93.0 Å². The Labute approximate surface area is 244 Å². The molecule has 2 atom stereocenters. The zero-order chi connectivity index (χ0) is 33.3. The largest absolute Gasteiger partial charge is 0.456 e. The second-order valence-corrected chi connectivity index (χ2v) is 10.8. The van der Waals surface area contributed by atoms with Gasteiger partial charge in [0.2, 0.25) is 0 Å². The lowest BCUT2D eigenvalue weighted by molar-refractivity contribution is -0.283. The first-order valence-electron chi connectivity index (χ1n) is 12.6. The van der Waals surface area contributed by atoms with E-state index in [2.05, 4.69) is 0 Å². The number of Topliss-reactive ketones (excluding diaryl/α,β-unsaturated/α-hetero) is 2. The third-order valence-corrected chi connectivity index (χ3v) is 8.27. The highest BCUT2D eigenvalue weighted by atomic mass is 19.3. The van der Waals surface area contributed by atoms with Gasteiger partial charge in [-0.05, 0) is 36.4 Å². The Hall–Kier alpha value is -4.49. The number of halogens is 10. The van der Waals surface area contributed by atoms with E-state index in [4.69, 9.17) is 10.00 Å². The number of carbonyl (C=O) groups excluding carboxylic acids is 2. The Balaban J connectivity index is 0.000000172. The molecule has 4 aliphatic rings. The number of ether oxygens (including phenoxy) is 1. The van der Waals surface area contributed by atoms with Gasteiger partial charge in [-0.1, -0.05) is 0 Å². The van der Waals surface area contributed by atoms with Crippen molar-refractivity contribution < 1.29 is 68.4 Å². The standard InChI is InChI=1S/C18H8F5NO3.C11H5F5O2/c19-9-3-8(7-24)4-10(5-9)27-13-2-1-11-15-14(13)12(25)6-16(15,26)18(22,23)17(11,20)21;12-5-2-1-4-8-7(5)6(17)3-9(8,18)11(15,16)10(4,13)14/h1-5,26H,6H2;1-2,18H,3H2/t16-;9-/m11/s1. The molecule has 2 N–H and O–H groups in total. The summed E-state index contributed by atoms with van der Waals surface area (Å²) in [7, 11) is 0. The van der Waals surface area contributed by atoms with E-state index in [9.17, 15) is 63.7 Å². The summed E-state index contributed by atoms with van der Waals surface area (Å²) in [5, 5.41) is 28.8. The van der Waals surface area contributed by atoms with Crippen LogP contribution in [0.1, 0.15) is 61.4 Å². The fourth-order valence-electron chi connectivity index (χ4n) is 6.20. The van der Waals surface area contributed by atoms with E-state index in [0.29, 0.717) is 18.2 Å². The molecule has 0 unspecified atom stereocenters. The van der Waals surface area contributed by atoms with E-state index in [1.165, 1.54) is 0 Å². The lowest BCUT2D eigenvalue weighted by atomic mass is 9.95. The first-order chi connectivity index (χ1) is 20.7. The minimum atomic E-state index is -4.88. The number of nitrogens with zero attached hydrogens (tertiary/aromatic N) is 1. The van der Waals surface area contributed by atoms with Gasteiger partial charge in [-0.3, -0.25) is 9.59 Å². The zero-order valence-corrected chi connectivity index (χ0v) is 21.8. The second kappa shape index (κ2) is 8.82. The van der Waals surface area contributed by atoms with Crippen molar-refractivity contribution in [1.82, 2.24) is 0 Å². The average Bonchev–Trinajstić information content (AvgIpc) is 3.46. The monoisotopic (exact) mass is 645 g/mol. The van der Waals surface area contributed by atoms with Crippen LogP contribution in [-0.4, -0.2) is 33.6 Å². The molecular weight excluding hydrogens is 632 g/mol. The summed E-state index contributed by atoms with van der Waals surface area (Å²) >= 11 is 0. The van der Waals surface area contributed by atoms with Crippen molar-refractivity contribution in [2.24, 2.45) is 0 Å². The summed E-state index contributed by atoms with van der Waals surface area (Å²) in [6.45, 7) is 0. The van der Waals surface area contributed by atoms with Gasteiger partial charge in [-0.25, -0.2) is 8.78 Å². The normalized spacial score (nSPS) is 26.6. The highest BCUT2D eigenvalue weighted by Gasteiger charge is 2.80. The molecule has 7 rings (SSSR count). The van der Waals surface area contributed by atoms with Gasteiger partial charge in [0.05, 0.1) is 35.6 Å². The van der Waals surface area contributed by atoms with E-state index in [-0.39, 0.29) is 11.3 Å². The first kappa shape index (κ1) is 30.5. The molecule has 234 valence electrons. The zero-order valence-electron chi connectivity index (χ0n) is 21.8. The van der Waals surface area contributed by atoms with Crippen LogP contribution in [0.15, 0.2) is 42.5 Å². The topological polar surface area (TPSA) is 108 Å². The van der Waals surface area contributed by atoms with Gasteiger partial charge in [0.1, 0.15) is 23.1 Å². The molecule has 0 heterocycles. The van der Waals surface area contributed by atoms with Crippen molar-refractivity contribution in [2.45, 2.75) is 47.7 Å². The maximum atomic E-state index is 14.2. The number of nitriles is 1. The van der Waals surface area contributed by atoms with Crippen LogP contribution in [0.3, 0.4) is 0 Å². The fraction of sp³-hybridized carbons (Fsp3) is 0.276. The van der Waals surface area contributed by atoms with Crippen molar-refractivity contribution >= 4 is 11.6 Å². The van der Waals surface area contributed by atoms with Crippen molar-refractivity contribution in [1.29, 1.82) is 5.26 Å². The summed E-state index contributed by atoms with van der Waals surface area (Å²) in [5.74, 6) is -23.7. The van der Waals surface area contributed by atoms with Crippen LogP contribution < -0.4 is 4.74 Å². The van der Waals surface area contributed by atoms with E-state index >= 15 is 0 Å². The quantitative estimate of drug-likeness (QED) is 0.315. The third kappa shape index (κ3) is 3.53. The van der Waals surface area contributed by atoms with Gasteiger partial charge in [-0.15, -0.1) is 0 Å². The molecular formula is C29H13F10NO5. The summed E-state index contributed by atoms with van der Waals surface area (Å²) in [4.78, 5) is 23.6. The lowest BCUT2D eigenvalue weighted by Gasteiger charge is -2.29. The smallest absolute Gasteiger partial charge is 0.347 e. The van der Waals surface area contributed by atoms with Gasteiger partial charge in [0, 0.05) is 28.3 Å². The first-order valence-corrected chi connectivity index (χ1v) is 12.6. The molecule has 0 spiro atoms. The van der Waals surface area contributed by atoms with Crippen molar-refractivity contribution in [3.63, 3.8) is 0 Å². The fourth-order valence-corrected chi connectivity index (χ4v) is 6.20. The predicted octanol–water partition coefficient (Wildman–Crippen LogP) is 6.34. The van der Waals surface area contributed by atoms with E-state index < -0.39 is 110 Å². The van der Waals surface area contributed by atoms with E-state index in [0.717, 1.165) is 24.3 Å². The number of rotatable bonds is 2. The van der Waals surface area contributed by atoms with Gasteiger partial charge in [0.15, 0.2) is 22.8 Å². The molecule has 0 saturated carbocycles. The maximum absolute atomic E-state index is 14.2. The van der Waals surface area contributed by atoms with Crippen LogP contribution in [0.2, 0.25) is 0 Å². The Morgan fingerprint density at radius 1 is 0.711 bits per heavy atom. The minimum absolute atomic E-state index is 0.108. The number of ketones is 2. The van der Waals surface area contributed by atoms with Crippen LogP contribution in [0.4, 0.5) is 43.9 Å². The second-order valence-electron chi connectivity index (χ2n) is 10.8. The third-order valence-electron chi connectivity index (χ3n) is 8.27. The number of hydrogen-bond acceptors (Lipinski definition) is 6. The summed E-state index contributed by atoms with van der Waals surface area (Å²) in [6.07, 6.45) is -2.47. The Morgan fingerprint density at radius 3 is 1.73 bits per heavy atom.